The summed E-state index contributed by atoms with van der Waals surface area (Å²) in [5.41, 5.74) is 0.945. The van der Waals surface area contributed by atoms with E-state index in [-0.39, 0.29) is 23.9 Å². The lowest BCUT2D eigenvalue weighted by Gasteiger charge is -2.07. The van der Waals surface area contributed by atoms with Crippen LogP contribution in [0.4, 0.5) is 0 Å². The van der Waals surface area contributed by atoms with E-state index in [4.69, 9.17) is 14.6 Å². The summed E-state index contributed by atoms with van der Waals surface area (Å²) in [6, 6.07) is 5.18. The molecule has 0 amide bonds. The molecule has 1 aromatic carbocycles. The lowest BCUT2D eigenvalue weighted by molar-refractivity contribution is 0.174. The predicted molar refractivity (Wildman–Crippen MR) is 71.1 cm³/mol. The first-order valence-electron chi connectivity index (χ1n) is 6.11. The Hall–Kier alpha value is -2.10. The molecule has 1 aliphatic rings. The standard InChI is InChI=1S/C12H13N3O5S/c16-6-9-5-13-15-12(9)21(17,18)14-4-8-1-2-10-11(3-8)20-7-19-10/h1-3,5,14,16H,4,6-7H2,(H,13,15). The van der Waals surface area contributed by atoms with Gasteiger partial charge in [-0.2, -0.15) is 5.10 Å². The van der Waals surface area contributed by atoms with Gasteiger partial charge in [-0.15, -0.1) is 0 Å². The van der Waals surface area contributed by atoms with Gasteiger partial charge in [0.1, 0.15) is 0 Å². The third-order valence-corrected chi connectivity index (χ3v) is 4.44. The molecule has 1 aromatic heterocycles. The van der Waals surface area contributed by atoms with Crippen molar-refractivity contribution in [2.45, 2.75) is 18.2 Å². The zero-order chi connectivity index (χ0) is 14.9. The number of aliphatic hydroxyl groups excluding tert-OH is 1. The molecule has 0 unspecified atom stereocenters. The van der Waals surface area contributed by atoms with Crippen LogP contribution in [-0.4, -0.2) is 30.5 Å². The van der Waals surface area contributed by atoms with Gasteiger partial charge in [0.05, 0.1) is 12.8 Å². The van der Waals surface area contributed by atoms with Gasteiger partial charge in [0.25, 0.3) is 10.0 Å². The van der Waals surface area contributed by atoms with Crippen LogP contribution in [0.15, 0.2) is 29.4 Å². The van der Waals surface area contributed by atoms with Gasteiger partial charge in [0, 0.05) is 12.1 Å². The zero-order valence-electron chi connectivity index (χ0n) is 10.9. The number of ether oxygens (including phenoxy) is 2. The lowest BCUT2D eigenvalue weighted by atomic mass is 10.2. The van der Waals surface area contributed by atoms with Gasteiger partial charge in [0.2, 0.25) is 6.79 Å². The summed E-state index contributed by atoms with van der Waals surface area (Å²) in [4.78, 5) is 0. The maximum atomic E-state index is 12.1. The fourth-order valence-electron chi connectivity index (χ4n) is 1.95. The number of hydrogen-bond acceptors (Lipinski definition) is 6. The Bertz CT molecular complexity index is 756. The van der Waals surface area contributed by atoms with E-state index in [1.807, 2.05) is 0 Å². The lowest BCUT2D eigenvalue weighted by Crippen LogP contribution is -2.24. The number of sulfonamides is 1. The topological polar surface area (TPSA) is 114 Å². The monoisotopic (exact) mass is 311 g/mol. The van der Waals surface area contributed by atoms with Crippen molar-refractivity contribution in [1.82, 2.24) is 14.9 Å². The first-order chi connectivity index (χ1) is 10.1. The van der Waals surface area contributed by atoms with E-state index in [1.54, 1.807) is 18.2 Å². The summed E-state index contributed by atoms with van der Waals surface area (Å²) < 4.78 is 37.1. The number of hydrogen-bond donors (Lipinski definition) is 3. The number of benzene rings is 1. The van der Waals surface area contributed by atoms with Gasteiger partial charge >= 0.3 is 0 Å². The fourth-order valence-corrected chi connectivity index (χ4v) is 3.08. The Morgan fingerprint density at radius 2 is 2.14 bits per heavy atom. The summed E-state index contributed by atoms with van der Waals surface area (Å²) >= 11 is 0. The molecular weight excluding hydrogens is 298 g/mol. The molecule has 0 bridgehead atoms. The summed E-state index contributed by atoms with van der Waals surface area (Å²) in [5, 5.41) is 14.9. The molecule has 0 atom stereocenters. The first-order valence-corrected chi connectivity index (χ1v) is 7.60. The van der Waals surface area contributed by atoms with Crippen molar-refractivity contribution in [1.29, 1.82) is 0 Å². The Morgan fingerprint density at radius 1 is 1.33 bits per heavy atom. The van der Waals surface area contributed by atoms with Crippen molar-refractivity contribution in [3.8, 4) is 11.5 Å². The number of H-pyrrole nitrogens is 1. The molecule has 0 fully saturated rings. The van der Waals surface area contributed by atoms with E-state index in [0.717, 1.165) is 5.56 Å². The van der Waals surface area contributed by atoms with E-state index >= 15 is 0 Å². The molecule has 21 heavy (non-hydrogen) atoms. The molecule has 3 rings (SSSR count). The van der Waals surface area contributed by atoms with E-state index in [1.165, 1.54) is 6.20 Å². The smallest absolute Gasteiger partial charge is 0.258 e. The number of aromatic nitrogens is 2. The normalized spacial score (nSPS) is 13.6. The molecule has 9 heteroatoms. The highest BCUT2D eigenvalue weighted by molar-refractivity contribution is 7.89. The van der Waals surface area contributed by atoms with Crippen molar-refractivity contribution >= 4 is 10.0 Å². The van der Waals surface area contributed by atoms with Crippen LogP contribution in [0.1, 0.15) is 11.1 Å². The van der Waals surface area contributed by atoms with Gasteiger partial charge in [-0.05, 0) is 17.7 Å². The zero-order valence-corrected chi connectivity index (χ0v) is 11.7. The molecule has 2 heterocycles. The van der Waals surface area contributed by atoms with Crippen molar-refractivity contribution in [2.24, 2.45) is 0 Å². The Labute approximate surface area is 120 Å². The highest BCUT2D eigenvalue weighted by atomic mass is 32.2. The average molecular weight is 311 g/mol. The highest BCUT2D eigenvalue weighted by Gasteiger charge is 2.20. The molecule has 2 aromatic rings. The Morgan fingerprint density at radius 3 is 2.95 bits per heavy atom. The molecule has 0 saturated heterocycles. The summed E-state index contributed by atoms with van der Waals surface area (Å²) in [6.07, 6.45) is 1.27. The van der Waals surface area contributed by atoms with Gasteiger partial charge in [-0.25, -0.2) is 13.1 Å². The third-order valence-electron chi connectivity index (χ3n) is 3.02. The van der Waals surface area contributed by atoms with E-state index in [9.17, 15) is 8.42 Å². The van der Waals surface area contributed by atoms with Crippen molar-refractivity contribution < 1.29 is 23.0 Å². The van der Waals surface area contributed by atoms with Crippen LogP contribution in [0.2, 0.25) is 0 Å². The van der Waals surface area contributed by atoms with E-state index in [2.05, 4.69) is 14.9 Å². The van der Waals surface area contributed by atoms with Gasteiger partial charge in [0.15, 0.2) is 16.5 Å². The van der Waals surface area contributed by atoms with Crippen LogP contribution in [0.5, 0.6) is 11.5 Å². The first kappa shape index (κ1) is 13.9. The summed E-state index contributed by atoms with van der Waals surface area (Å²) in [6.45, 7) is -0.155. The predicted octanol–water partition coefficient (Wildman–Crippen LogP) is 0.109. The summed E-state index contributed by atoms with van der Waals surface area (Å²) in [5.74, 6) is 1.22. The molecule has 1 aliphatic heterocycles. The van der Waals surface area contributed by atoms with Crippen LogP contribution in [-0.2, 0) is 23.2 Å². The van der Waals surface area contributed by atoms with Crippen LogP contribution in [0, 0.1) is 0 Å². The van der Waals surface area contributed by atoms with Crippen LogP contribution in [0.3, 0.4) is 0 Å². The highest BCUT2D eigenvalue weighted by Crippen LogP contribution is 2.32. The molecular formula is C12H13N3O5S. The number of fused-ring (bicyclic) bond motifs is 1. The number of nitrogens with one attached hydrogen (secondary N) is 2. The van der Waals surface area contributed by atoms with Crippen LogP contribution >= 0.6 is 0 Å². The molecule has 0 aliphatic carbocycles. The molecule has 0 spiro atoms. The molecule has 0 saturated carbocycles. The second-order valence-corrected chi connectivity index (χ2v) is 6.10. The van der Waals surface area contributed by atoms with Gasteiger partial charge in [-0.3, -0.25) is 5.10 Å². The second-order valence-electron chi connectivity index (χ2n) is 4.39. The number of aromatic amines is 1. The van der Waals surface area contributed by atoms with Crippen molar-refractivity contribution in [3.05, 3.63) is 35.5 Å². The van der Waals surface area contributed by atoms with Crippen molar-refractivity contribution in [2.75, 3.05) is 6.79 Å². The maximum Gasteiger partial charge on any atom is 0.258 e. The Kier molecular flexibility index (Phi) is 3.53. The van der Waals surface area contributed by atoms with Gasteiger partial charge < -0.3 is 14.6 Å². The van der Waals surface area contributed by atoms with Crippen LogP contribution in [0.25, 0.3) is 0 Å². The van der Waals surface area contributed by atoms with Crippen molar-refractivity contribution in [3.63, 3.8) is 0 Å². The quantitative estimate of drug-likeness (QED) is 0.722. The maximum absolute atomic E-state index is 12.1. The third kappa shape index (κ3) is 2.71. The number of aliphatic hydroxyl groups is 1. The minimum Gasteiger partial charge on any atom is -0.454 e. The average Bonchev–Trinajstić information content (AvgIpc) is 3.13. The second kappa shape index (κ2) is 5.35. The van der Waals surface area contributed by atoms with Gasteiger partial charge in [-0.1, -0.05) is 6.07 Å². The summed E-state index contributed by atoms with van der Waals surface area (Å²) in [7, 11) is -3.77. The van der Waals surface area contributed by atoms with E-state index in [0.29, 0.717) is 11.5 Å². The molecule has 0 radical (unpaired) electrons. The molecule has 112 valence electrons. The molecule has 8 nitrogen and oxygen atoms in total. The molecule has 3 N–H and O–H groups in total. The largest absolute Gasteiger partial charge is 0.454 e. The number of nitrogens with zero attached hydrogens (tertiary/aromatic N) is 1. The minimum absolute atomic E-state index is 0.0862. The fraction of sp³-hybridized carbons (Fsp3) is 0.250. The Balaban J connectivity index is 1.75. The van der Waals surface area contributed by atoms with Crippen LogP contribution < -0.4 is 14.2 Å². The number of rotatable bonds is 5. The van der Waals surface area contributed by atoms with E-state index < -0.39 is 16.6 Å². The minimum atomic E-state index is -3.77. The SMILES string of the molecule is O=S(=O)(NCc1ccc2c(c1)OCO2)c1[nH]ncc1CO.